The summed E-state index contributed by atoms with van der Waals surface area (Å²) in [5.74, 6) is 0.177. The largest absolute Gasteiger partial charge is 0.394 e. The fourth-order valence-electron chi connectivity index (χ4n) is 3.43. The Morgan fingerprint density at radius 1 is 1.35 bits per heavy atom. The molecule has 5 heteroatoms. The Kier molecular flexibility index (Phi) is 5.41. The second-order valence-electron chi connectivity index (χ2n) is 6.34. The number of nitrogens with two attached hydrogens (primary N) is 1. The van der Waals surface area contributed by atoms with Gasteiger partial charge in [0, 0.05) is 13.1 Å². The van der Waals surface area contributed by atoms with Gasteiger partial charge < -0.3 is 20.5 Å². The number of amides is 1. The van der Waals surface area contributed by atoms with Crippen molar-refractivity contribution in [3.8, 4) is 0 Å². The summed E-state index contributed by atoms with van der Waals surface area (Å²) < 4.78 is 5.52. The Morgan fingerprint density at radius 3 is 2.55 bits per heavy atom. The van der Waals surface area contributed by atoms with Crippen molar-refractivity contribution in [3.05, 3.63) is 0 Å². The van der Waals surface area contributed by atoms with Crippen molar-refractivity contribution in [2.75, 3.05) is 26.3 Å². The van der Waals surface area contributed by atoms with Crippen LogP contribution < -0.4 is 5.73 Å². The van der Waals surface area contributed by atoms with Gasteiger partial charge in [0.25, 0.3) is 0 Å². The minimum Gasteiger partial charge on any atom is -0.394 e. The summed E-state index contributed by atoms with van der Waals surface area (Å²) in [7, 11) is 0. The number of carbonyl (C=O) groups excluding carboxylic acids is 1. The van der Waals surface area contributed by atoms with Gasteiger partial charge in [0.2, 0.25) is 5.91 Å². The number of rotatable bonds is 3. The van der Waals surface area contributed by atoms with Crippen molar-refractivity contribution >= 4 is 5.91 Å². The van der Waals surface area contributed by atoms with Crippen LogP contribution in [0.4, 0.5) is 0 Å². The zero-order valence-corrected chi connectivity index (χ0v) is 12.5. The van der Waals surface area contributed by atoms with Crippen molar-refractivity contribution in [2.45, 2.75) is 57.6 Å². The molecule has 2 rings (SSSR count). The molecule has 20 heavy (non-hydrogen) atoms. The Bertz CT molecular complexity index is 327. The SMILES string of the molecule is CC1COC(CO)CN1C(=O)C1(CN)CCCCCC1. The third-order valence-corrected chi connectivity index (χ3v) is 4.88. The summed E-state index contributed by atoms with van der Waals surface area (Å²) in [6.45, 7) is 3.38. The van der Waals surface area contributed by atoms with Crippen LogP contribution >= 0.6 is 0 Å². The van der Waals surface area contributed by atoms with E-state index in [1.54, 1.807) is 0 Å². The van der Waals surface area contributed by atoms with Crippen LogP contribution in [0, 0.1) is 5.41 Å². The van der Waals surface area contributed by atoms with Gasteiger partial charge in [-0.25, -0.2) is 0 Å². The van der Waals surface area contributed by atoms with Crippen molar-refractivity contribution in [2.24, 2.45) is 11.1 Å². The Labute approximate surface area is 121 Å². The number of hydrogen-bond donors (Lipinski definition) is 2. The molecule has 2 fully saturated rings. The Morgan fingerprint density at radius 2 is 2.00 bits per heavy atom. The van der Waals surface area contributed by atoms with Crippen LogP contribution in [0.15, 0.2) is 0 Å². The number of carbonyl (C=O) groups is 1. The maximum atomic E-state index is 13.0. The first kappa shape index (κ1) is 15.7. The summed E-state index contributed by atoms with van der Waals surface area (Å²) in [6, 6.07) is 0.0666. The van der Waals surface area contributed by atoms with Crippen LogP contribution in [0.2, 0.25) is 0 Å². The minimum absolute atomic E-state index is 0.0356. The molecule has 1 aliphatic heterocycles. The monoisotopic (exact) mass is 284 g/mol. The lowest BCUT2D eigenvalue weighted by molar-refractivity contribution is -0.157. The van der Waals surface area contributed by atoms with E-state index in [1.807, 2.05) is 11.8 Å². The maximum Gasteiger partial charge on any atom is 0.230 e. The highest BCUT2D eigenvalue weighted by Crippen LogP contribution is 2.37. The first-order valence-electron chi connectivity index (χ1n) is 7.86. The van der Waals surface area contributed by atoms with Crippen LogP contribution in [-0.4, -0.2) is 54.4 Å². The average molecular weight is 284 g/mol. The van der Waals surface area contributed by atoms with Crippen LogP contribution in [0.1, 0.15) is 45.4 Å². The fourth-order valence-corrected chi connectivity index (χ4v) is 3.43. The van der Waals surface area contributed by atoms with E-state index in [9.17, 15) is 9.90 Å². The molecule has 1 aliphatic carbocycles. The van der Waals surface area contributed by atoms with Crippen molar-refractivity contribution in [1.29, 1.82) is 0 Å². The first-order valence-corrected chi connectivity index (χ1v) is 7.86. The molecule has 0 spiro atoms. The summed E-state index contributed by atoms with van der Waals surface area (Å²) in [5, 5.41) is 9.27. The van der Waals surface area contributed by atoms with E-state index in [1.165, 1.54) is 12.8 Å². The van der Waals surface area contributed by atoms with E-state index in [0.717, 1.165) is 25.7 Å². The number of ether oxygens (including phenoxy) is 1. The number of hydrogen-bond acceptors (Lipinski definition) is 4. The predicted molar refractivity (Wildman–Crippen MR) is 77.2 cm³/mol. The van der Waals surface area contributed by atoms with Crippen molar-refractivity contribution in [1.82, 2.24) is 4.90 Å². The zero-order valence-electron chi connectivity index (χ0n) is 12.5. The molecule has 1 amide bonds. The summed E-state index contributed by atoms with van der Waals surface area (Å²) in [6.07, 6.45) is 6.12. The Hall–Kier alpha value is -0.650. The molecule has 0 bridgehead atoms. The van der Waals surface area contributed by atoms with Gasteiger partial charge >= 0.3 is 0 Å². The molecule has 1 saturated carbocycles. The van der Waals surface area contributed by atoms with Gasteiger partial charge in [0.15, 0.2) is 0 Å². The van der Waals surface area contributed by atoms with E-state index >= 15 is 0 Å². The fraction of sp³-hybridized carbons (Fsp3) is 0.933. The second-order valence-corrected chi connectivity index (χ2v) is 6.34. The third kappa shape index (κ3) is 3.15. The number of aliphatic hydroxyl groups excluding tert-OH is 1. The van der Waals surface area contributed by atoms with E-state index < -0.39 is 0 Å². The molecule has 2 unspecified atom stereocenters. The lowest BCUT2D eigenvalue weighted by atomic mass is 9.78. The third-order valence-electron chi connectivity index (χ3n) is 4.88. The molecule has 2 atom stereocenters. The highest BCUT2D eigenvalue weighted by atomic mass is 16.5. The quantitative estimate of drug-likeness (QED) is 0.755. The van der Waals surface area contributed by atoms with Crippen LogP contribution in [0.25, 0.3) is 0 Å². The molecule has 5 nitrogen and oxygen atoms in total. The first-order chi connectivity index (χ1) is 9.63. The molecule has 3 N–H and O–H groups in total. The number of morpholine rings is 1. The molecular weight excluding hydrogens is 256 g/mol. The van der Waals surface area contributed by atoms with Gasteiger partial charge in [-0.15, -0.1) is 0 Å². The van der Waals surface area contributed by atoms with E-state index in [4.69, 9.17) is 10.5 Å². The molecule has 0 aromatic carbocycles. The molecule has 0 radical (unpaired) electrons. The average Bonchev–Trinajstić information content (AvgIpc) is 2.73. The summed E-state index contributed by atoms with van der Waals surface area (Å²) in [5.41, 5.74) is 5.61. The zero-order chi connectivity index (χ0) is 14.6. The highest BCUT2D eigenvalue weighted by Gasteiger charge is 2.43. The van der Waals surface area contributed by atoms with Crippen molar-refractivity contribution in [3.63, 3.8) is 0 Å². The van der Waals surface area contributed by atoms with Gasteiger partial charge in [0.05, 0.1) is 30.8 Å². The molecule has 0 aromatic rings. The second kappa shape index (κ2) is 6.87. The topological polar surface area (TPSA) is 75.8 Å². The van der Waals surface area contributed by atoms with Crippen molar-refractivity contribution < 1.29 is 14.6 Å². The summed E-state index contributed by atoms with van der Waals surface area (Å²) in [4.78, 5) is 14.9. The maximum absolute atomic E-state index is 13.0. The van der Waals surface area contributed by atoms with Gasteiger partial charge in [0.1, 0.15) is 0 Å². The number of nitrogens with zero attached hydrogens (tertiary/aromatic N) is 1. The van der Waals surface area contributed by atoms with Gasteiger partial charge in [-0.05, 0) is 19.8 Å². The van der Waals surface area contributed by atoms with Gasteiger partial charge in [-0.3, -0.25) is 4.79 Å². The van der Waals surface area contributed by atoms with E-state index in [2.05, 4.69) is 0 Å². The molecule has 1 heterocycles. The summed E-state index contributed by atoms with van der Waals surface area (Å²) >= 11 is 0. The minimum atomic E-state index is -0.387. The highest BCUT2D eigenvalue weighted by molar-refractivity contribution is 5.83. The van der Waals surface area contributed by atoms with Crippen LogP contribution in [0.3, 0.4) is 0 Å². The van der Waals surface area contributed by atoms with Gasteiger partial charge in [-0.2, -0.15) is 0 Å². The molecule has 2 aliphatic rings. The molecule has 0 aromatic heterocycles. The number of aliphatic hydroxyl groups is 1. The molecule has 116 valence electrons. The van der Waals surface area contributed by atoms with Crippen LogP contribution in [0.5, 0.6) is 0 Å². The smallest absolute Gasteiger partial charge is 0.230 e. The lowest BCUT2D eigenvalue weighted by Gasteiger charge is -2.43. The van der Waals surface area contributed by atoms with E-state index in [0.29, 0.717) is 19.7 Å². The lowest BCUT2D eigenvalue weighted by Crippen LogP contribution is -2.57. The molecule has 1 saturated heterocycles. The normalized spacial score (nSPS) is 30.9. The van der Waals surface area contributed by atoms with E-state index in [-0.39, 0.29) is 30.1 Å². The molecular formula is C15H28N2O3. The predicted octanol–water partition coefficient (Wildman–Crippen LogP) is 0.894. The standard InChI is InChI=1S/C15H28N2O3/c1-12-10-20-13(9-18)8-17(12)14(19)15(11-16)6-4-2-3-5-7-15/h12-13,18H,2-11,16H2,1H3. The van der Waals surface area contributed by atoms with Gasteiger partial charge in [-0.1, -0.05) is 25.7 Å². The Balaban J connectivity index is 2.13. The van der Waals surface area contributed by atoms with Crippen LogP contribution in [-0.2, 0) is 9.53 Å².